The zero-order chi connectivity index (χ0) is 22.0. The summed E-state index contributed by atoms with van der Waals surface area (Å²) in [6.07, 6.45) is 5.34. The molecule has 0 radical (unpaired) electrons. The van der Waals surface area contributed by atoms with Crippen LogP contribution in [-0.4, -0.2) is 30.1 Å². The Morgan fingerprint density at radius 1 is 1.23 bits per heavy atom. The molecule has 8 heteroatoms. The summed E-state index contributed by atoms with van der Waals surface area (Å²) in [7, 11) is -1.76. The summed E-state index contributed by atoms with van der Waals surface area (Å²) in [5.74, 6) is -0.304. The van der Waals surface area contributed by atoms with Crippen molar-refractivity contribution in [3.63, 3.8) is 0 Å². The van der Waals surface area contributed by atoms with E-state index >= 15 is 0 Å². The molecule has 3 aromatic rings. The van der Waals surface area contributed by atoms with Gasteiger partial charge in [-0.15, -0.1) is 0 Å². The van der Waals surface area contributed by atoms with E-state index in [0.717, 1.165) is 24.0 Å². The van der Waals surface area contributed by atoms with E-state index in [0.29, 0.717) is 13.0 Å². The van der Waals surface area contributed by atoms with Gasteiger partial charge < -0.3 is 5.73 Å². The van der Waals surface area contributed by atoms with Gasteiger partial charge in [0.2, 0.25) is 0 Å². The molecule has 164 valence electrons. The molecule has 2 aromatic carbocycles. The van der Waals surface area contributed by atoms with Gasteiger partial charge in [-0.05, 0) is 53.6 Å². The van der Waals surface area contributed by atoms with E-state index in [2.05, 4.69) is 22.5 Å². The van der Waals surface area contributed by atoms with Gasteiger partial charge in [0.05, 0.1) is 6.20 Å². The number of fused-ring (bicyclic) bond motifs is 1. The predicted molar refractivity (Wildman–Crippen MR) is 118 cm³/mol. The van der Waals surface area contributed by atoms with Crippen molar-refractivity contribution in [2.45, 2.75) is 42.7 Å². The van der Waals surface area contributed by atoms with Crippen LogP contribution in [0.15, 0.2) is 59.8 Å². The number of hydrogen-bond acceptors (Lipinski definition) is 5. The number of halogens is 1. The van der Waals surface area contributed by atoms with Gasteiger partial charge in [0, 0.05) is 31.7 Å². The molecular weight excluding hydrogens is 415 g/mol. The highest BCUT2D eigenvalue weighted by Gasteiger charge is 2.27. The van der Waals surface area contributed by atoms with Gasteiger partial charge in [0.25, 0.3) is 0 Å². The van der Waals surface area contributed by atoms with E-state index in [9.17, 15) is 12.8 Å². The molecule has 2 unspecified atom stereocenters. The fourth-order valence-electron chi connectivity index (χ4n) is 4.23. The topological polar surface area (TPSA) is 90.0 Å². The molecule has 0 bridgehead atoms. The van der Waals surface area contributed by atoms with Gasteiger partial charge in [-0.1, -0.05) is 30.3 Å². The van der Waals surface area contributed by atoms with Crippen LogP contribution in [0.25, 0.3) is 0 Å². The number of nitrogens with one attached hydrogen (secondary N) is 1. The largest absolute Gasteiger partial charge is 0.327 e. The fraction of sp³-hybridized carbons (Fsp3) is 0.348. The molecule has 6 nitrogen and oxygen atoms in total. The lowest BCUT2D eigenvalue weighted by Gasteiger charge is -2.32. The molecule has 31 heavy (non-hydrogen) atoms. The first kappa shape index (κ1) is 21.7. The molecule has 1 aliphatic rings. The maximum atomic E-state index is 13.6. The maximum absolute atomic E-state index is 13.6. The summed E-state index contributed by atoms with van der Waals surface area (Å²) in [5, 5.41) is 6.96. The summed E-state index contributed by atoms with van der Waals surface area (Å²) >= 11 is 0. The van der Waals surface area contributed by atoms with Crippen LogP contribution >= 0.6 is 0 Å². The monoisotopic (exact) mass is 442 g/mol. The first-order valence-corrected chi connectivity index (χ1v) is 12.0. The standard InChI is InChI=1S/C23H27FN4O2S/c1-28-14-20(13-27-28)31(29,30)15-26-12-17-5-6-18-7-8-23(25)22(21(18)11-17)10-16-3-2-4-19(24)9-16/h2-6,9,11,13-14,22-23,26H,7-8,10,12,15,25H2,1H3. The molecule has 0 saturated heterocycles. The Hall–Kier alpha value is -2.55. The average Bonchev–Trinajstić information content (AvgIpc) is 3.18. The third-order valence-electron chi connectivity index (χ3n) is 5.88. The van der Waals surface area contributed by atoms with E-state index in [1.54, 1.807) is 19.2 Å². The van der Waals surface area contributed by atoms with Crippen molar-refractivity contribution in [3.8, 4) is 0 Å². The summed E-state index contributed by atoms with van der Waals surface area (Å²) < 4.78 is 40.0. The summed E-state index contributed by atoms with van der Waals surface area (Å²) in [4.78, 5) is 0.203. The molecule has 1 heterocycles. The van der Waals surface area contributed by atoms with Crippen LogP contribution in [-0.2, 0) is 36.3 Å². The Morgan fingerprint density at radius 3 is 2.81 bits per heavy atom. The highest BCUT2D eigenvalue weighted by atomic mass is 32.2. The van der Waals surface area contributed by atoms with Gasteiger partial charge in [-0.3, -0.25) is 10.00 Å². The number of sulfone groups is 1. The third-order valence-corrected chi connectivity index (χ3v) is 7.39. The second-order valence-corrected chi connectivity index (χ2v) is 10.2. The zero-order valence-corrected chi connectivity index (χ0v) is 18.3. The molecule has 3 N–H and O–H groups in total. The number of hydrogen-bond donors (Lipinski definition) is 2. The van der Waals surface area contributed by atoms with Crippen LogP contribution in [0, 0.1) is 5.82 Å². The number of rotatable bonds is 7. The number of aryl methyl sites for hydroxylation is 2. The quantitative estimate of drug-likeness (QED) is 0.587. The molecule has 1 aromatic heterocycles. The molecule has 2 atom stereocenters. The van der Waals surface area contributed by atoms with E-state index < -0.39 is 9.84 Å². The van der Waals surface area contributed by atoms with Gasteiger partial charge in [0.1, 0.15) is 16.6 Å². The van der Waals surface area contributed by atoms with Crippen LogP contribution in [0.2, 0.25) is 0 Å². The maximum Gasteiger partial charge on any atom is 0.194 e. The summed E-state index contributed by atoms with van der Waals surface area (Å²) in [5.41, 5.74) is 10.8. The number of benzene rings is 2. The Kier molecular flexibility index (Phi) is 6.22. The minimum absolute atomic E-state index is 0.00457. The molecule has 0 fully saturated rings. The van der Waals surface area contributed by atoms with Crippen LogP contribution in [0.5, 0.6) is 0 Å². The summed E-state index contributed by atoms with van der Waals surface area (Å²) in [6.45, 7) is 0.425. The number of nitrogens with two attached hydrogens (primary N) is 1. The Labute approximate surface area is 182 Å². The van der Waals surface area contributed by atoms with Crippen LogP contribution in [0.1, 0.15) is 34.6 Å². The lowest BCUT2D eigenvalue weighted by atomic mass is 9.76. The van der Waals surface area contributed by atoms with Crippen molar-refractivity contribution in [3.05, 3.63) is 82.9 Å². The zero-order valence-electron chi connectivity index (χ0n) is 17.5. The first-order chi connectivity index (χ1) is 14.8. The fourth-order valence-corrected chi connectivity index (χ4v) is 5.29. The Balaban J connectivity index is 1.48. The Bertz CT molecular complexity index is 1180. The van der Waals surface area contributed by atoms with Crippen molar-refractivity contribution in [2.24, 2.45) is 12.8 Å². The predicted octanol–water partition coefficient (Wildman–Crippen LogP) is 2.68. The number of nitrogens with zero attached hydrogens (tertiary/aromatic N) is 2. The van der Waals surface area contributed by atoms with Gasteiger partial charge in [-0.2, -0.15) is 5.10 Å². The average molecular weight is 443 g/mol. The lowest BCUT2D eigenvalue weighted by Crippen LogP contribution is -2.34. The van der Waals surface area contributed by atoms with Crippen molar-refractivity contribution in [1.29, 1.82) is 0 Å². The van der Waals surface area contributed by atoms with Crippen molar-refractivity contribution >= 4 is 9.84 Å². The minimum Gasteiger partial charge on any atom is -0.327 e. The molecular formula is C23H27FN4O2S. The van der Waals surface area contributed by atoms with E-state index in [1.165, 1.54) is 34.3 Å². The molecule has 0 aliphatic heterocycles. The second kappa shape index (κ2) is 8.90. The van der Waals surface area contributed by atoms with Gasteiger partial charge >= 0.3 is 0 Å². The van der Waals surface area contributed by atoms with Crippen molar-refractivity contribution in [1.82, 2.24) is 15.1 Å². The van der Waals surface area contributed by atoms with E-state index in [-0.39, 0.29) is 28.5 Å². The molecule has 4 rings (SSSR count). The van der Waals surface area contributed by atoms with Crippen molar-refractivity contribution < 1.29 is 12.8 Å². The number of aromatic nitrogens is 2. The van der Waals surface area contributed by atoms with E-state index in [4.69, 9.17) is 5.73 Å². The van der Waals surface area contributed by atoms with Crippen LogP contribution in [0.3, 0.4) is 0 Å². The molecule has 0 amide bonds. The third kappa shape index (κ3) is 5.03. The van der Waals surface area contributed by atoms with E-state index in [1.807, 2.05) is 12.1 Å². The second-order valence-electron chi connectivity index (χ2n) is 8.21. The van der Waals surface area contributed by atoms with Crippen LogP contribution < -0.4 is 11.1 Å². The van der Waals surface area contributed by atoms with Gasteiger partial charge in [-0.25, -0.2) is 12.8 Å². The molecule has 0 spiro atoms. The van der Waals surface area contributed by atoms with Crippen LogP contribution in [0.4, 0.5) is 4.39 Å². The SMILES string of the molecule is Cn1cc(S(=O)(=O)CNCc2ccc3c(c2)C(Cc2cccc(F)c2)C(N)CC3)cn1. The highest BCUT2D eigenvalue weighted by Crippen LogP contribution is 2.34. The smallest absolute Gasteiger partial charge is 0.194 e. The Morgan fingerprint density at radius 2 is 2.06 bits per heavy atom. The molecule has 1 aliphatic carbocycles. The minimum atomic E-state index is -3.44. The first-order valence-electron chi connectivity index (χ1n) is 10.4. The normalized spacial score (nSPS) is 18.7. The highest BCUT2D eigenvalue weighted by molar-refractivity contribution is 7.91. The molecule has 0 saturated carbocycles. The summed E-state index contributed by atoms with van der Waals surface area (Å²) in [6, 6.07) is 12.9. The van der Waals surface area contributed by atoms with Gasteiger partial charge in [0.15, 0.2) is 9.84 Å². The van der Waals surface area contributed by atoms with Crippen molar-refractivity contribution in [2.75, 3.05) is 5.88 Å². The lowest BCUT2D eigenvalue weighted by molar-refractivity contribution is 0.466.